The zero-order chi connectivity index (χ0) is 11.4. The molecular formula is C9H12N2O4. The van der Waals surface area contributed by atoms with E-state index in [0.29, 0.717) is 11.3 Å². The Kier molecular flexibility index (Phi) is 3.43. The molecule has 6 nitrogen and oxygen atoms in total. The standard InChI is InChI=1S/C9H12N2O4/c1-5(9(13)14-3)11-8(12)7-4-10-15-6(7)2/h4-5H,1-3H3,(H,11,12). The smallest absolute Gasteiger partial charge is 0.328 e. The van der Waals surface area contributed by atoms with Crippen molar-refractivity contribution in [3.8, 4) is 0 Å². The van der Waals surface area contributed by atoms with Gasteiger partial charge in [-0.05, 0) is 13.8 Å². The first kappa shape index (κ1) is 11.2. The topological polar surface area (TPSA) is 81.4 Å². The molecule has 1 unspecified atom stereocenters. The lowest BCUT2D eigenvalue weighted by Crippen LogP contribution is -2.39. The third-order valence-corrected chi connectivity index (χ3v) is 1.90. The highest BCUT2D eigenvalue weighted by molar-refractivity contribution is 5.97. The molecule has 15 heavy (non-hydrogen) atoms. The number of ether oxygens (including phenoxy) is 1. The van der Waals surface area contributed by atoms with Crippen molar-refractivity contribution < 1.29 is 18.8 Å². The molecule has 0 fully saturated rings. The number of aromatic nitrogens is 1. The van der Waals surface area contributed by atoms with Crippen LogP contribution in [0.1, 0.15) is 23.0 Å². The maximum absolute atomic E-state index is 11.5. The quantitative estimate of drug-likeness (QED) is 0.727. The van der Waals surface area contributed by atoms with Gasteiger partial charge in [-0.25, -0.2) is 4.79 Å². The summed E-state index contributed by atoms with van der Waals surface area (Å²) in [4.78, 5) is 22.6. The number of carbonyl (C=O) groups excluding carboxylic acids is 2. The van der Waals surface area contributed by atoms with Crippen LogP contribution in [-0.4, -0.2) is 30.2 Å². The molecule has 0 aliphatic carbocycles. The summed E-state index contributed by atoms with van der Waals surface area (Å²) in [7, 11) is 1.26. The van der Waals surface area contributed by atoms with Crippen molar-refractivity contribution in [2.45, 2.75) is 19.9 Å². The minimum atomic E-state index is -0.697. The van der Waals surface area contributed by atoms with E-state index in [1.165, 1.54) is 20.2 Å². The van der Waals surface area contributed by atoms with Gasteiger partial charge in [-0.1, -0.05) is 5.16 Å². The van der Waals surface area contributed by atoms with Gasteiger partial charge in [0.05, 0.1) is 13.3 Å². The Morgan fingerprint density at radius 3 is 2.73 bits per heavy atom. The Morgan fingerprint density at radius 2 is 2.27 bits per heavy atom. The molecule has 0 radical (unpaired) electrons. The third kappa shape index (κ3) is 2.55. The molecule has 0 aliphatic rings. The van der Waals surface area contributed by atoms with E-state index < -0.39 is 17.9 Å². The molecule has 0 aromatic carbocycles. The van der Waals surface area contributed by atoms with Gasteiger partial charge >= 0.3 is 5.97 Å². The first-order chi connectivity index (χ1) is 7.06. The van der Waals surface area contributed by atoms with Crippen molar-refractivity contribution in [1.82, 2.24) is 10.5 Å². The van der Waals surface area contributed by atoms with E-state index >= 15 is 0 Å². The largest absolute Gasteiger partial charge is 0.467 e. The highest BCUT2D eigenvalue weighted by Gasteiger charge is 2.19. The number of aryl methyl sites for hydroxylation is 1. The van der Waals surface area contributed by atoms with E-state index in [0.717, 1.165) is 0 Å². The molecule has 82 valence electrons. The molecule has 0 bridgehead atoms. The molecule has 1 heterocycles. The van der Waals surface area contributed by atoms with Crippen LogP contribution in [0.25, 0.3) is 0 Å². The van der Waals surface area contributed by atoms with E-state index in [-0.39, 0.29) is 0 Å². The van der Waals surface area contributed by atoms with E-state index in [9.17, 15) is 9.59 Å². The van der Waals surface area contributed by atoms with Gasteiger partial charge in [-0.3, -0.25) is 4.79 Å². The van der Waals surface area contributed by atoms with Gasteiger partial charge in [-0.15, -0.1) is 0 Å². The maximum Gasteiger partial charge on any atom is 0.328 e. The Bertz CT molecular complexity index is 372. The van der Waals surface area contributed by atoms with Crippen molar-refractivity contribution in [2.75, 3.05) is 7.11 Å². The Morgan fingerprint density at radius 1 is 1.60 bits per heavy atom. The molecule has 6 heteroatoms. The van der Waals surface area contributed by atoms with Crippen molar-refractivity contribution in [1.29, 1.82) is 0 Å². The lowest BCUT2D eigenvalue weighted by Gasteiger charge is -2.10. The summed E-state index contributed by atoms with van der Waals surface area (Å²) in [6.45, 7) is 3.15. The third-order valence-electron chi connectivity index (χ3n) is 1.90. The van der Waals surface area contributed by atoms with Crippen LogP contribution in [-0.2, 0) is 9.53 Å². The van der Waals surface area contributed by atoms with Crippen molar-refractivity contribution in [3.63, 3.8) is 0 Å². The molecule has 0 saturated heterocycles. The number of amides is 1. The summed E-state index contributed by atoms with van der Waals surface area (Å²) in [5, 5.41) is 5.92. The fourth-order valence-electron chi connectivity index (χ4n) is 1.03. The van der Waals surface area contributed by atoms with Crippen LogP contribution in [0, 0.1) is 6.92 Å². The summed E-state index contributed by atoms with van der Waals surface area (Å²) in [6.07, 6.45) is 1.30. The second kappa shape index (κ2) is 4.59. The number of nitrogens with one attached hydrogen (secondary N) is 1. The number of hydrogen-bond acceptors (Lipinski definition) is 5. The number of hydrogen-bond donors (Lipinski definition) is 1. The van der Waals surface area contributed by atoms with E-state index in [2.05, 4.69) is 15.2 Å². The van der Waals surface area contributed by atoms with E-state index in [1.54, 1.807) is 6.92 Å². The molecule has 0 spiro atoms. The second-order valence-corrected chi connectivity index (χ2v) is 3.01. The zero-order valence-corrected chi connectivity index (χ0v) is 8.73. The summed E-state index contributed by atoms with van der Waals surface area (Å²) in [6, 6.07) is -0.697. The highest BCUT2D eigenvalue weighted by atomic mass is 16.5. The Hall–Kier alpha value is -1.85. The number of carbonyl (C=O) groups is 2. The lowest BCUT2D eigenvalue weighted by atomic mass is 10.2. The van der Waals surface area contributed by atoms with Crippen molar-refractivity contribution in [3.05, 3.63) is 17.5 Å². The minimum Gasteiger partial charge on any atom is -0.467 e. The van der Waals surface area contributed by atoms with E-state index in [4.69, 9.17) is 4.52 Å². The second-order valence-electron chi connectivity index (χ2n) is 3.01. The van der Waals surface area contributed by atoms with Gasteiger partial charge in [0.2, 0.25) is 0 Å². The predicted molar refractivity (Wildman–Crippen MR) is 50.2 cm³/mol. The van der Waals surface area contributed by atoms with Gasteiger partial charge in [-0.2, -0.15) is 0 Å². The Labute approximate surface area is 86.6 Å². The first-order valence-corrected chi connectivity index (χ1v) is 4.36. The van der Waals surface area contributed by atoms with Crippen LogP contribution in [0.15, 0.2) is 10.7 Å². The normalized spacial score (nSPS) is 11.9. The SMILES string of the molecule is COC(=O)C(C)NC(=O)c1cnoc1C. The molecule has 0 aliphatic heterocycles. The van der Waals surface area contributed by atoms with Gasteiger partial charge in [0.15, 0.2) is 0 Å². The number of rotatable bonds is 3. The van der Waals surface area contributed by atoms with Gasteiger partial charge in [0.1, 0.15) is 17.4 Å². The van der Waals surface area contributed by atoms with Crippen LogP contribution < -0.4 is 5.32 Å². The molecule has 1 aromatic heterocycles. The monoisotopic (exact) mass is 212 g/mol. The highest BCUT2D eigenvalue weighted by Crippen LogP contribution is 2.05. The fourth-order valence-corrected chi connectivity index (χ4v) is 1.03. The molecule has 1 rings (SSSR count). The molecule has 1 N–H and O–H groups in total. The average molecular weight is 212 g/mol. The van der Waals surface area contributed by atoms with Crippen LogP contribution in [0.4, 0.5) is 0 Å². The fraction of sp³-hybridized carbons (Fsp3) is 0.444. The molecule has 1 aromatic rings. The van der Waals surface area contributed by atoms with Gasteiger partial charge in [0.25, 0.3) is 5.91 Å². The van der Waals surface area contributed by atoms with Crippen LogP contribution in [0.5, 0.6) is 0 Å². The minimum absolute atomic E-state index is 0.311. The lowest BCUT2D eigenvalue weighted by molar-refractivity contribution is -0.142. The number of nitrogens with zero attached hydrogens (tertiary/aromatic N) is 1. The average Bonchev–Trinajstić information content (AvgIpc) is 2.63. The molecule has 0 saturated carbocycles. The zero-order valence-electron chi connectivity index (χ0n) is 8.73. The number of esters is 1. The molecule has 1 amide bonds. The maximum atomic E-state index is 11.5. The predicted octanol–water partition coefficient (Wildman–Crippen LogP) is 0.274. The summed E-state index contributed by atoms with van der Waals surface area (Å²) >= 11 is 0. The van der Waals surface area contributed by atoms with Crippen molar-refractivity contribution in [2.24, 2.45) is 0 Å². The van der Waals surface area contributed by atoms with Crippen LogP contribution in [0.3, 0.4) is 0 Å². The molecular weight excluding hydrogens is 200 g/mol. The summed E-state index contributed by atoms with van der Waals surface area (Å²) in [5.74, 6) is -0.506. The van der Waals surface area contributed by atoms with Gasteiger partial charge < -0.3 is 14.6 Å². The van der Waals surface area contributed by atoms with E-state index in [1.807, 2.05) is 0 Å². The van der Waals surface area contributed by atoms with Gasteiger partial charge in [0, 0.05) is 0 Å². The number of methoxy groups -OCH3 is 1. The first-order valence-electron chi connectivity index (χ1n) is 4.36. The summed E-state index contributed by atoms with van der Waals surface area (Å²) < 4.78 is 9.19. The Balaban J connectivity index is 2.64. The summed E-state index contributed by atoms with van der Waals surface area (Å²) in [5.41, 5.74) is 0.311. The van der Waals surface area contributed by atoms with Crippen molar-refractivity contribution >= 4 is 11.9 Å². The van der Waals surface area contributed by atoms with Crippen LogP contribution in [0.2, 0.25) is 0 Å². The molecule has 1 atom stereocenters. The van der Waals surface area contributed by atoms with Crippen LogP contribution >= 0.6 is 0 Å².